The molecule has 1 unspecified atom stereocenters. The van der Waals surface area contributed by atoms with Crippen LogP contribution in [-0.2, 0) is 6.54 Å². The minimum atomic E-state index is -0.649. The molecule has 3 rings (SSSR count). The molecule has 0 saturated heterocycles. The first kappa shape index (κ1) is 12.9. The zero-order valence-corrected chi connectivity index (χ0v) is 11.6. The number of hydrogen-bond acceptors (Lipinski definition) is 4. The average Bonchev–Trinajstić information content (AvgIpc) is 3.09. The number of benzene rings is 1. The molecular formula is C15H15N3OS. The first-order chi connectivity index (χ1) is 9.75. The van der Waals surface area contributed by atoms with Crippen LogP contribution in [-0.4, -0.2) is 14.7 Å². The largest absolute Gasteiger partial charge is 0.398 e. The fourth-order valence-corrected chi connectivity index (χ4v) is 2.92. The summed E-state index contributed by atoms with van der Waals surface area (Å²) in [4.78, 5) is 5.45. The number of para-hydroxylation sites is 1. The third-order valence-electron chi connectivity index (χ3n) is 3.18. The molecule has 102 valence electrons. The molecule has 1 atom stereocenters. The van der Waals surface area contributed by atoms with E-state index in [0.717, 1.165) is 16.3 Å². The van der Waals surface area contributed by atoms with E-state index in [1.807, 2.05) is 46.5 Å². The van der Waals surface area contributed by atoms with Crippen LogP contribution in [0.5, 0.6) is 0 Å². The number of nitrogens with two attached hydrogens (primary N) is 1. The van der Waals surface area contributed by atoms with Gasteiger partial charge in [0.2, 0.25) is 0 Å². The Labute approximate surface area is 121 Å². The minimum Gasteiger partial charge on any atom is -0.398 e. The van der Waals surface area contributed by atoms with E-state index < -0.39 is 6.10 Å². The van der Waals surface area contributed by atoms with Gasteiger partial charge < -0.3 is 15.4 Å². The van der Waals surface area contributed by atoms with Gasteiger partial charge >= 0.3 is 0 Å². The van der Waals surface area contributed by atoms with Crippen molar-refractivity contribution >= 4 is 17.0 Å². The van der Waals surface area contributed by atoms with Crippen molar-refractivity contribution in [3.8, 4) is 10.7 Å². The van der Waals surface area contributed by atoms with Gasteiger partial charge in [-0.25, -0.2) is 4.98 Å². The van der Waals surface area contributed by atoms with Crippen LogP contribution in [0.4, 0.5) is 5.69 Å². The van der Waals surface area contributed by atoms with Crippen LogP contribution >= 0.6 is 11.3 Å². The van der Waals surface area contributed by atoms with E-state index in [1.54, 1.807) is 23.6 Å². The van der Waals surface area contributed by atoms with E-state index in [2.05, 4.69) is 4.98 Å². The highest BCUT2D eigenvalue weighted by molar-refractivity contribution is 7.13. The predicted octanol–water partition coefficient (Wildman–Crippen LogP) is 2.93. The maximum Gasteiger partial charge on any atom is 0.150 e. The molecule has 2 heterocycles. The van der Waals surface area contributed by atoms with E-state index in [9.17, 15) is 5.11 Å². The maximum atomic E-state index is 10.4. The van der Waals surface area contributed by atoms with E-state index >= 15 is 0 Å². The number of imidazole rings is 1. The van der Waals surface area contributed by atoms with Gasteiger partial charge in [-0.3, -0.25) is 0 Å². The molecule has 0 bridgehead atoms. The Balaban J connectivity index is 1.86. The molecule has 0 aliphatic carbocycles. The van der Waals surface area contributed by atoms with Gasteiger partial charge in [0.25, 0.3) is 0 Å². The Hall–Kier alpha value is -2.11. The average molecular weight is 285 g/mol. The summed E-state index contributed by atoms with van der Waals surface area (Å²) < 4.78 is 1.95. The molecule has 0 radical (unpaired) electrons. The van der Waals surface area contributed by atoms with Crippen molar-refractivity contribution in [2.24, 2.45) is 0 Å². The molecule has 20 heavy (non-hydrogen) atoms. The summed E-state index contributed by atoms with van der Waals surface area (Å²) in [6.45, 7) is 0.432. The zero-order chi connectivity index (χ0) is 13.9. The minimum absolute atomic E-state index is 0.432. The summed E-state index contributed by atoms with van der Waals surface area (Å²) in [6.07, 6.45) is 2.97. The van der Waals surface area contributed by atoms with Crippen LogP contribution in [0, 0.1) is 0 Å². The number of rotatable bonds is 4. The summed E-state index contributed by atoms with van der Waals surface area (Å²) >= 11 is 1.63. The van der Waals surface area contributed by atoms with Gasteiger partial charge in [-0.1, -0.05) is 24.3 Å². The summed E-state index contributed by atoms with van der Waals surface area (Å²) in [6, 6.07) is 11.4. The first-order valence-corrected chi connectivity index (χ1v) is 7.21. The number of aromatic nitrogens is 2. The third kappa shape index (κ3) is 2.45. The lowest BCUT2D eigenvalue weighted by Crippen LogP contribution is -2.10. The molecule has 0 aliphatic rings. The van der Waals surface area contributed by atoms with Gasteiger partial charge in [0.1, 0.15) is 5.82 Å². The van der Waals surface area contributed by atoms with Crippen LogP contribution in [0.2, 0.25) is 0 Å². The van der Waals surface area contributed by atoms with E-state index in [4.69, 9.17) is 5.73 Å². The summed E-state index contributed by atoms with van der Waals surface area (Å²) in [5.74, 6) is 0.869. The lowest BCUT2D eigenvalue weighted by atomic mass is 10.1. The van der Waals surface area contributed by atoms with Gasteiger partial charge in [-0.05, 0) is 17.5 Å². The molecule has 3 aromatic rings. The van der Waals surface area contributed by atoms with Crippen molar-refractivity contribution in [3.05, 3.63) is 59.7 Å². The zero-order valence-electron chi connectivity index (χ0n) is 10.8. The smallest absolute Gasteiger partial charge is 0.150 e. The Morgan fingerprint density at radius 1 is 1.25 bits per heavy atom. The second-order valence-electron chi connectivity index (χ2n) is 4.53. The number of anilines is 1. The number of aliphatic hydroxyl groups is 1. The Kier molecular flexibility index (Phi) is 3.54. The Morgan fingerprint density at radius 3 is 2.85 bits per heavy atom. The second kappa shape index (κ2) is 5.48. The predicted molar refractivity (Wildman–Crippen MR) is 81.4 cm³/mol. The highest BCUT2D eigenvalue weighted by Crippen LogP contribution is 2.26. The fraction of sp³-hybridized carbons (Fsp3) is 0.133. The maximum absolute atomic E-state index is 10.4. The molecule has 0 aliphatic heterocycles. The number of nitrogens with zero attached hydrogens (tertiary/aromatic N) is 2. The Bertz CT molecular complexity index is 691. The molecule has 1 aromatic carbocycles. The summed E-state index contributed by atoms with van der Waals surface area (Å²) in [5, 5.41) is 12.4. The molecule has 0 fully saturated rings. The van der Waals surface area contributed by atoms with E-state index in [1.165, 1.54) is 0 Å². The second-order valence-corrected chi connectivity index (χ2v) is 5.47. The fourth-order valence-electron chi connectivity index (χ4n) is 2.19. The quantitative estimate of drug-likeness (QED) is 0.724. The molecule has 2 aromatic heterocycles. The van der Waals surface area contributed by atoms with Crippen LogP contribution in [0.1, 0.15) is 11.7 Å². The number of aliphatic hydroxyl groups excluding tert-OH is 1. The van der Waals surface area contributed by atoms with Crippen LogP contribution in [0.3, 0.4) is 0 Å². The number of hydrogen-bond donors (Lipinski definition) is 2. The first-order valence-electron chi connectivity index (χ1n) is 6.33. The molecule has 4 nitrogen and oxygen atoms in total. The summed E-state index contributed by atoms with van der Waals surface area (Å²) in [5.41, 5.74) is 7.26. The molecule has 0 spiro atoms. The lowest BCUT2D eigenvalue weighted by Gasteiger charge is -2.15. The normalized spacial score (nSPS) is 12.4. The van der Waals surface area contributed by atoms with Crippen molar-refractivity contribution in [3.63, 3.8) is 0 Å². The van der Waals surface area contributed by atoms with Crippen molar-refractivity contribution in [2.45, 2.75) is 12.6 Å². The van der Waals surface area contributed by atoms with Crippen LogP contribution < -0.4 is 5.73 Å². The van der Waals surface area contributed by atoms with E-state index in [-0.39, 0.29) is 0 Å². The molecule has 5 heteroatoms. The lowest BCUT2D eigenvalue weighted by molar-refractivity contribution is 0.158. The number of thiophene rings is 1. The monoisotopic (exact) mass is 285 g/mol. The van der Waals surface area contributed by atoms with Crippen molar-refractivity contribution in [2.75, 3.05) is 5.73 Å². The third-order valence-corrected chi connectivity index (χ3v) is 4.05. The van der Waals surface area contributed by atoms with Crippen LogP contribution in [0.25, 0.3) is 10.7 Å². The number of nitrogen functional groups attached to an aromatic ring is 1. The molecule has 0 saturated carbocycles. The highest BCUT2D eigenvalue weighted by atomic mass is 32.1. The van der Waals surface area contributed by atoms with Gasteiger partial charge in [-0.2, -0.15) is 0 Å². The van der Waals surface area contributed by atoms with E-state index in [0.29, 0.717) is 12.2 Å². The van der Waals surface area contributed by atoms with Gasteiger partial charge in [0.05, 0.1) is 17.5 Å². The van der Waals surface area contributed by atoms with Gasteiger partial charge in [-0.15, -0.1) is 11.3 Å². The van der Waals surface area contributed by atoms with Crippen molar-refractivity contribution in [1.82, 2.24) is 9.55 Å². The van der Waals surface area contributed by atoms with Crippen LogP contribution in [0.15, 0.2) is 54.2 Å². The standard InChI is InChI=1S/C15H15N3OS/c16-12-5-2-1-4-11(12)13(19)10-18-8-7-17-15(18)14-6-3-9-20-14/h1-9,13,19H,10,16H2. The molecule has 0 amide bonds. The topological polar surface area (TPSA) is 64.1 Å². The van der Waals surface area contributed by atoms with Crippen molar-refractivity contribution < 1.29 is 5.11 Å². The highest BCUT2D eigenvalue weighted by Gasteiger charge is 2.14. The SMILES string of the molecule is Nc1ccccc1C(O)Cn1ccnc1-c1cccs1. The molecule has 3 N–H and O–H groups in total. The van der Waals surface area contributed by atoms with Gasteiger partial charge in [0.15, 0.2) is 0 Å². The molecular weight excluding hydrogens is 270 g/mol. The van der Waals surface area contributed by atoms with Crippen molar-refractivity contribution in [1.29, 1.82) is 0 Å². The Morgan fingerprint density at radius 2 is 2.10 bits per heavy atom. The summed E-state index contributed by atoms with van der Waals surface area (Å²) in [7, 11) is 0. The van der Waals surface area contributed by atoms with Gasteiger partial charge in [0, 0.05) is 23.6 Å².